The van der Waals surface area contributed by atoms with Gasteiger partial charge >= 0.3 is 11.9 Å². The Morgan fingerprint density at radius 3 is 1.34 bits per heavy atom. The molecular formula is C56H70N12O13S2. The molecule has 0 aliphatic carbocycles. The molecule has 27 heteroatoms. The van der Waals surface area contributed by atoms with Crippen molar-refractivity contribution in [2.45, 2.75) is 114 Å². The van der Waals surface area contributed by atoms with E-state index in [0.29, 0.717) is 44.9 Å². The number of carbonyl (C=O) groups is 10. The smallest absolute Gasteiger partial charge is 0.327 e. The van der Waals surface area contributed by atoms with E-state index < -0.39 is 139 Å². The number of hydrogen-bond donors (Lipinski definition) is 17. The van der Waals surface area contributed by atoms with E-state index in [-0.39, 0.29) is 30.8 Å². The highest BCUT2D eigenvalue weighted by atomic mass is 32.1. The zero-order valence-electron chi connectivity index (χ0n) is 45.7. The number of carboxylic acids is 2. The van der Waals surface area contributed by atoms with E-state index >= 15 is 0 Å². The summed E-state index contributed by atoms with van der Waals surface area (Å²) < 4.78 is 0. The second-order valence-corrected chi connectivity index (χ2v) is 20.8. The standard InChI is InChI=1S/C56H70N12O13S2/c1-4-28(2)47(54(78)61-25-45(70)62-44(27-83)56(80)81)67-55(79)48(29(3)69)68-53(77)43(21-32-24-60-39-16-10-7-13-35(32)39)65-50(74)40(17-18-46(71)72)63-51(75)42(20-31-23-59-38-15-9-6-12-34(31)38)66-52(76)41(64-49(73)36(57)26-82)19-30-22-58-37-14-8-5-11-33(30)37/h5-16,22-24,28-29,36,40-44,47-48,58-60,69,82-83H,4,17-21,25-27,57H2,1-3H3,(H,61,78)(H,62,70)(H,63,75)(H,64,73)(H,65,74)(H,66,76)(H,67,79)(H,68,77)(H,71,72)(H,80,81)/t28-,29+,36-,40-,41-,42-,43-,44-,47-,48-/m0/s1. The van der Waals surface area contributed by atoms with Crippen molar-refractivity contribution in [3.63, 3.8) is 0 Å². The molecule has 83 heavy (non-hydrogen) atoms. The summed E-state index contributed by atoms with van der Waals surface area (Å²) in [5, 5.41) is 52.6. The van der Waals surface area contributed by atoms with Gasteiger partial charge in [-0.25, -0.2) is 4.79 Å². The number of aliphatic hydroxyl groups excluding tert-OH is 1. The molecule has 0 unspecified atom stereocenters. The van der Waals surface area contributed by atoms with Gasteiger partial charge in [-0.15, -0.1) is 0 Å². The van der Waals surface area contributed by atoms with Crippen LogP contribution in [-0.4, -0.2) is 162 Å². The highest BCUT2D eigenvalue weighted by Crippen LogP contribution is 2.23. The van der Waals surface area contributed by atoms with Crippen molar-refractivity contribution < 1.29 is 63.3 Å². The van der Waals surface area contributed by atoms with Crippen molar-refractivity contribution in [1.29, 1.82) is 0 Å². The maximum Gasteiger partial charge on any atom is 0.327 e. The first-order chi connectivity index (χ1) is 39.6. The number of thiol groups is 2. The first kappa shape index (κ1) is 63.8. The first-order valence-corrected chi connectivity index (χ1v) is 28.0. The molecule has 6 aromatic rings. The highest BCUT2D eigenvalue weighted by Gasteiger charge is 2.37. The molecule has 0 aliphatic heterocycles. The van der Waals surface area contributed by atoms with Crippen LogP contribution in [0.5, 0.6) is 0 Å². The molecular weight excluding hydrogens is 1110 g/mol. The number of carboxylic acid groups (broad SMARTS) is 2. The van der Waals surface area contributed by atoms with Crippen LogP contribution in [0.15, 0.2) is 91.4 Å². The molecule has 0 saturated carbocycles. The molecule has 0 bridgehead atoms. The maximum absolute atomic E-state index is 14.9. The highest BCUT2D eigenvalue weighted by molar-refractivity contribution is 7.80. The van der Waals surface area contributed by atoms with E-state index in [9.17, 15) is 63.3 Å². The summed E-state index contributed by atoms with van der Waals surface area (Å²) in [7, 11) is 0. The molecule has 444 valence electrons. The average Bonchev–Trinajstić information content (AvgIpc) is 4.32. The molecule has 8 amide bonds. The van der Waals surface area contributed by atoms with Crippen LogP contribution < -0.4 is 48.3 Å². The van der Waals surface area contributed by atoms with Gasteiger partial charge in [-0.05, 0) is 54.2 Å². The molecule has 3 aromatic carbocycles. The first-order valence-electron chi connectivity index (χ1n) is 26.8. The second-order valence-electron chi connectivity index (χ2n) is 20.1. The van der Waals surface area contributed by atoms with Gasteiger partial charge in [0.25, 0.3) is 0 Å². The number of fused-ring (bicyclic) bond motifs is 3. The van der Waals surface area contributed by atoms with E-state index in [4.69, 9.17) is 5.73 Å². The van der Waals surface area contributed by atoms with Gasteiger partial charge in [0.05, 0.1) is 18.7 Å². The van der Waals surface area contributed by atoms with Gasteiger partial charge in [0.2, 0.25) is 47.3 Å². The fourth-order valence-corrected chi connectivity index (χ4v) is 9.63. The lowest BCUT2D eigenvalue weighted by molar-refractivity contribution is -0.141. The Morgan fingerprint density at radius 2 is 0.928 bits per heavy atom. The van der Waals surface area contributed by atoms with Crippen LogP contribution in [0.1, 0.15) is 56.7 Å². The number of para-hydroxylation sites is 3. The van der Waals surface area contributed by atoms with Gasteiger partial charge < -0.3 is 78.5 Å². The van der Waals surface area contributed by atoms with Gasteiger partial charge in [-0.3, -0.25) is 43.2 Å². The minimum absolute atomic E-state index is 0.0551. The van der Waals surface area contributed by atoms with Crippen LogP contribution in [-0.2, 0) is 67.2 Å². The Labute approximate surface area is 487 Å². The molecule has 0 spiro atoms. The number of benzene rings is 3. The largest absolute Gasteiger partial charge is 0.481 e. The predicted molar refractivity (Wildman–Crippen MR) is 314 cm³/mol. The van der Waals surface area contributed by atoms with E-state index in [1.807, 2.05) is 24.3 Å². The van der Waals surface area contributed by atoms with Crippen LogP contribution in [0.2, 0.25) is 0 Å². The average molecular weight is 1180 g/mol. The lowest BCUT2D eigenvalue weighted by Crippen LogP contribution is -2.62. The van der Waals surface area contributed by atoms with E-state index in [2.05, 4.69) is 82.7 Å². The quantitative estimate of drug-likeness (QED) is 0.0259. The summed E-state index contributed by atoms with van der Waals surface area (Å²) >= 11 is 8.07. The van der Waals surface area contributed by atoms with Gasteiger partial charge in [-0.2, -0.15) is 25.3 Å². The van der Waals surface area contributed by atoms with Crippen LogP contribution in [0.3, 0.4) is 0 Å². The fraction of sp³-hybridized carbons (Fsp3) is 0.393. The number of aromatic amines is 3. The second kappa shape index (κ2) is 30.1. The number of nitrogens with two attached hydrogens (primary N) is 1. The summed E-state index contributed by atoms with van der Waals surface area (Å²) in [4.78, 5) is 145. The molecule has 0 radical (unpaired) electrons. The van der Waals surface area contributed by atoms with E-state index in [1.165, 1.54) is 6.92 Å². The number of aliphatic carboxylic acids is 2. The van der Waals surface area contributed by atoms with Gasteiger partial charge in [0.1, 0.15) is 42.3 Å². The molecule has 10 atom stereocenters. The Kier molecular flexibility index (Phi) is 23.1. The summed E-state index contributed by atoms with van der Waals surface area (Å²) in [6, 6.07) is 9.78. The molecule has 3 heterocycles. The Morgan fingerprint density at radius 1 is 0.518 bits per heavy atom. The molecule has 0 saturated heterocycles. The normalized spacial score (nSPS) is 15.0. The third-order valence-corrected chi connectivity index (χ3v) is 14.9. The number of nitrogens with one attached hydrogen (secondary N) is 11. The summed E-state index contributed by atoms with van der Waals surface area (Å²) in [6.45, 7) is 3.87. The number of aromatic nitrogens is 3. The number of carbonyl (C=O) groups excluding carboxylic acids is 8. The molecule has 0 aliphatic rings. The Bertz CT molecular complexity index is 3310. The third kappa shape index (κ3) is 17.3. The zero-order chi connectivity index (χ0) is 60.5. The van der Waals surface area contributed by atoms with Gasteiger partial charge in [0, 0.05) is 88.5 Å². The summed E-state index contributed by atoms with van der Waals surface area (Å²) in [5.41, 5.74) is 9.86. The van der Waals surface area contributed by atoms with Crippen LogP contribution in [0, 0.1) is 5.92 Å². The summed E-state index contributed by atoms with van der Waals surface area (Å²) in [6.07, 6.45) is 1.89. The minimum atomic E-state index is -1.78. The maximum atomic E-state index is 14.9. The predicted octanol–water partition coefficient (Wildman–Crippen LogP) is 0.231. The molecule has 3 aromatic heterocycles. The minimum Gasteiger partial charge on any atom is -0.481 e. The SMILES string of the molecule is CC[C@H](C)[C@H](NC(=O)[C@@H](NC(=O)[C@H](Cc1c[nH]c2ccccc12)NC(=O)[C@H](CCC(=O)O)NC(=O)[C@H](Cc1c[nH]c2ccccc12)NC(=O)[C@H](Cc1c[nH]c2ccccc12)NC(=O)[C@@H](N)CS)[C@@H](C)O)C(=O)NCC(=O)N[C@@H](CS)C(=O)O. The van der Waals surface area contributed by atoms with Crippen molar-refractivity contribution in [1.82, 2.24) is 57.5 Å². The molecule has 16 N–H and O–H groups in total. The number of aliphatic hydroxyl groups is 1. The monoisotopic (exact) mass is 1180 g/mol. The fourth-order valence-electron chi connectivity index (χ4n) is 9.22. The number of hydrogen-bond acceptors (Lipinski definition) is 14. The van der Waals surface area contributed by atoms with Crippen molar-refractivity contribution in [3.05, 3.63) is 108 Å². The lowest BCUT2D eigenvalue weighted by atomic mass is 9.97. The summed E-state index contributed by atoms with van der Waals surface area (Å²) in [5.74, 6) is -10.9. The number of H-pyrrole nitrogens is 3. The van der Waals surface area contributed by atoms with Crippen LogP contribution in [0.25, 0.3) is 32.7 Å². The van der Waals surface area contributed by atoms with Crippen LogP contribution >= 0.6 is 25.3 Å². The van der Waals surface area contributed by atoms with Crippen LogP contribution in [0.4, 0.5) is 0 Å². The third-order valence-electron chi connectivity index (χ3n) is 14.1. The number of rotatable bonds is 31. The molecule has 25 nitrogen and oxygen atoms in total. The Hall–Kier alpha value is -8.40. The zero-order valence-corrected chi connectivity index (χ0v) is 47.5. The van der Waals surface area contributed by atoms with Crippen molar-refractivity contribution >= 4 is 117 Å². The van der Waals surface area contributed by atoms with E-state index in [1.54, 1.807) is 81.0 Å². The van der Waals surface area contributed by atoms with Gasteiger partial charge in [-0.1, -0.05) is 74.9 Å². The number of amides is 8. The molecule has 0 fully saturated rings. The van der Waals surface area contributed by atoms with Crippen molar-refractivity contribution in [2.75, 3.05) is 18.1 Å². The molecule has 6 rings (SSSR count). The topological polar surface area (TPSA) is 401 Å². The van der Waals surface area contributed by atoms with E-state index in [0.717, 1.165) is 10.9 Å². The van der Waals surface area contributed by atoms with Crippen molar-refractivity contribution in [3.8, 4) is 0 Å². The lowest BCUT2D eigenvalue weighted by Gasteiger charge is -2.29. The van der Waals surface area contributed by atoms with Crippen molar-refractivity contribution in [2.24, 2.45) is 11.7 Å². The van der Waals surface area contributed by atoms with Gasteiger partial charge in [0.15, 0.2) is 0 Å². The Balaban J connectivity index is 1.29.